The molecule has 1 atom stereocenters. The fraction of sp³-hybridized carbons (Fsp3) is 0.357. The van der Waals surface area contributed by atoms with Crippen molar-refractivity contribution in [1.82, 2.24) is 20.1 Å². The van der Waals surface area contributed by atoms with Gasteiger partial charge in [-0.3, -0.25) is 4.79 Å². The molecule has 0 fully saturated rings. The molecule has 0 saturated carbocycles. The van der Waals surface area contributed by atoms with Crippen molar-refractivity contribution in [2.24, 2.45) is 0 Å². The van der Waals surface area contributed by atoms with Crippen LogP contribution in [0.5, 0.6) is 17.2 Å². The van der Waals surface area contributed by atoms with Gasteiger partial charge < -0.3 is 19.5 Å². The molecular formula is C14H16N4O4. The third kappa shape index (κ3) is 3.11. The quantitative estimate of drug-likeness (QED) is 0.793. The van der Waals surface area contributed by atoms with Crippen molar-refractivity contribution in [1.29, 1.82) is 0 Å². The molecule has 1 amide bonds. The van der Waals surface area contributed by atoms with Crippen LogP contribution in [0, 0.1) is 0 Å². The van der Waals surface area contributed by atoms with Crippen LogP contribution < -0.4 is 19.5 Å². The van der Waals surface area contributed by atoms with E-state index in [1.165, 1.54) is 17.3 Å². The van der Waals surface area contributed by atoms with E-state index in [9.17, 15) is 4.79 Å². The van der Waals surface area contributed by atoms with Crippen LogP contribution in [0.1, 0.15) is 13.0 Å². The van der Waals surface area contributed by atoms with Gasteiger partial charge in [-0.15, -0.1) is 0 Å². The van der Waals surface area contributed by atoms with E-state index in [0.29, 0.717) is 30.4 Å². The largest absolute Gasteiger partial charge is 0.492 e. The Morgan fingerprint density at radius 1 is 1.45 bits per heavy atom. The molecule has 8 nitrogen and oxygen atoms in total. The minimum atomic E-state index is -0.409. The first-order valence-corrected chi connectivity index (χ1v) is 6.88. The third-order valence-electron chi connectivity index (χ3n) is 3.23. The second-order valence-corrected chi connectivity index (χ2v) is 4.71. The number of carbonyl (C=O) groups is 1. The predicted octanol–water partition coefficient (Wildman–Crippen LogP) is 0.763. The fourth-order valence-corrected chi connectivity index (χ4v) is 1.99. The average Bonchev–Trinajstić information content (AvgIpc) is 3.20. The highest BCUT2D eigenvalue weighted by Gasteiger charge is 2.15. The maximum Gasteiger partial charge on any atom is 0.244 e. The average molecular weight is 304 g/mol. The van der Waals surface area contributed by atoms with Crippen molar-refractivity contribution in [2.45, 2.75) is 13.0 Å². The normalized spacial score (nSPS) is 13.7. The van der Waals surface area contributed by atoms with Gasteiger partial charge in [0.15, 0.2) is 11.5 Å². The summed E-state index contributed by atoms with van der Waals surface area (Å²) in [6.07, 6.45) is 2.90. The molecule has 116 valence electrons. The Labute approximate surface area is 127 Å². The zero-order chi connectivity index (χ0) is 15.4. The molecule has 0 aliphatic carbocycles. The van der Waals surface area contributed by atoms with E-state index in [0.717, 1.165) is 0 Å². The number of hydrogen-bond donors (Lipinski definition) is 1. The molecule has 0 saturated heterocycles. The Bertz CT molecular complexity index is 644. The second kappa shape index (κ2) is 6.33. The third-order valence-corrected chi connectivity index (χ3v) is 3.23. The van der Waals surface area contributed by atoms with Crippen molar-refractivity contribution < 1.29 is 19.0 Å². The van der Waals surface area contributed by atoms with Gasteiger partial charge in [-0.05, 0) is 19.1 Å². The van der Waals surface area contributed by atoms with E-state index in [-0.39, 0.29) is 12.7 Å². The topological polar surface area (TPSA) is 87.5 Å². The molecule has 8 heteroatoms. The van der Waals surface area contributed by atoms with E-state index in [1.54, 1.807) is 25.1 Å². The first kappa shape index (κ1) is 14.2. The Balaban J connectivity index is 1.43. The molecule has 1 aliphatic rings. The summed E-state index contributed by atoms with van der Waals surface area (Å²) in [6.45, 7) is 2.74. The number of nitrogens with one attached hydrogen (secondary N) is 1. The molecular weight excluding hydrogens is 288 g/mol. The highest BCUT2D eigenvalue weighted by Crippen LogP contribution is 2.34. The number of nitrogens with zero attached hydrogens (tertiary/aromatic N) is 3. The van der Waals surface area contributed by atoms with Crippen molar-refractivity contribution in [2.75, 3.05) is 19.9 Å². The molecule has 0 bridgehead atoms. The molecule has 0 spiro atoms. The van der Waals surface area contributed by atoms with Crippen LogP contribution in [0.3, 0.4) is 0 Å². The van der Waals surface area contributed by atoms with Gasteiger partial charge in [0.25, 0.3) is 0 Å². The van der Waals surface area contributed by atoms with Crippen LogP contribution in [0.2, 0.25) is 0 Å². The number of benzene rings is 1. The monoisotopic (exact) mass is 304 g/mol. The first-order chi connectivity index (χ1) is 10.7. The number of aromatic nitrogens is 3. The molecule has 1 aromatic carbocycles. The highest BCUT2D eigenvalue weighted by atomic mass is 16.7. The van der Waals surface area contributed by atoms with Crippen molar-refractivity contribution in [3.8, 4) is 17.2 Å². The Morgan fingerprint density at radius 2 is 2.32 bits per heavy atom. The van der Waals surface area contributed by atoms with Crippen LogP contribution in [0.15, 0.2) is 30.9 Å². The summed E-state index contributed by atoms with van der Waals surface area (Å²) < 4.78 is 17.6. The SMILES string of the molecule is C[C@H](C(=O)NCCOc1ccc2c(c1)OCO2)n1cncn1. The summed E-state index contributed by atoms with van der Waals surface area (Å²) in [5.74, 6) is 1.91. The zero-order valence-corrected chi connectivity index (χ0v) is 12.1. The molecule has 3 rings (SSSR count). The maximum absolute atomic E-state index is 11.9. The van der Waals surface area contributed by atoms with Crippen LogP contribution in [0.25, 0.3) is 0 Å². The lowest BCUT2D eigenvalue weighted by Gasteiger charge is -2.12. The standard InChI is InChI=1S/C14H16N4O4/c1-10(18-8-15-7-17-18)14(19)16-4-5-20-11-2-3-12-13(6-11)22-9-21-12/h2-3,6-8,10H,4-5,9H2,1H3,(H,16,19)/t10-/m1/s1. The van der Waals surface area contributed by atoms with Crippen LogP contribution >= 0.6 is 0 Å². The second-order valence-electron chi connectivity index (χ2n) is 4.71. The molecule has 1 N–H and O–H groups in total. The summed E-state index contributed by atoms with van der Waals surface area (Å²) in [5.41, 5.74) is 0. The molecule has 2 heterocycles. The minimum Gasteiger partial charge on any atom is -0.492 e. The molecule has 0 radical (unpaired) electrons. The number of rotatable bonds is 6. The number of hydrogen-bond acceptors (Lipinski definition) is 6. The van der Waals surface area contributed by atoms with Gasteiger partial charge in [0, 0.05) is 6.07 Å². The van der Waals surface area contributed by atoms with E-state index in [1.807, 2.05) is 0 Å². The van der Waals surface area contributed by atoms with E-state index >= 15 is 0 Å². The van der Waals surface area contributed by atoms with Crippen LogP contribution in [0.4, 0.5) is 0 Å². The molecule has 0 unspecified atom stereocenters. The lowest BCUT2D eigenvalue weighted by molar-refractivity contribution is -0.124. The Morgan fingerprint density at radius 3 is 3.14 bits per heavy atom. The van der Waals surface area contributed by atoms with Gasteiger partial charge >= 0.3 is 0 Å². The molecule has 1 aliphatic heterocycles. The van der Waals surface area contributed by atoms with Crippen molar-refractivity contribution >= 4 is 5.91 Å². The molecule has 2 aromatic rings. The van der Waals surface area contributed by atoms with Gasteiger partial charge in [0.1, 0.15) is 31.1 Å². The smallest absolute Gasteiger partial charge is 0.244 e. The van der Waals surface area contributed by atoms with Crippen LogP contribution in [-0.2, 0) is 4.79 Å². The maximum atomic E-state index is 11.9. The first-order valence-electron chi connectivity index (χ1n) is 6.88. The minimum absolute atomic E-state index is 0.139. The van der Waals surface area contributed by atoms with E-state index in [4.69, 9.17) is 14.2 Å². The lowest BCUT2D eigenvalue weighted by atomic mass is 10.3. The van der Waals surface area contributed by atoms with Crippen molar-refractivity contribution in [3.05, 3.63) is 30.9 Å². The van der Waals surface area contributed by atoms with Gasteiger partial charge in [-0.2, -0.15) is 5.10 Å². The van der Waals surface area contributed by atoms with E-state index < -0.39 is 6.04 Å². The molecule has 22 heavy (non-hydrogen) atoms. The highest BCUT2D eigenvalue weighted by molar-refractivity contribution is 5.79. The van der Waals surface area contributed by atoms with Gasteiger partial charge in [0.05, 0.1) is 6.54 Å². The number of ether oxygens (including phenoxy) is 3. The lowest BCUT2D eigenvalue weighted by Crippen LogP contribution is -2.34. The summed E-state index contributed by atoms with van der Waals surface area (Å²) in [6, 6.07) is 4.95. The van der Waals surface area contributed by atoms with E-state index in [2.05, 4.69) is 15.4 Å². The number of carbonyl (C=O) groups excluding carboxylic acids is 1. The summed E-state index contributed by atoms with van der Waals surface area (Å²) in [5, 5.41) is 6.72. The summed E-state index contributed by atoms with van der Waals surface area (Å²) in [4.78, 5) is 15.7. The van der Waals surface area contributed by atoms with Gasteiger partial charge in [-0.25, -0.2) is 9.67 Å². The summed E-state index contributed by atoms with van der Waals surface area (Å²) in [7, 11) is 0. The number of amides is 1. The predicted molar refractivity (Wildman–Crippen MR) is 75.8 cm³/mol. The molecule has 1 aromatic heterocycles. The van der Waals surface area contributed by atoms with Crippen molar-refractivity contribution in [3.63, 3.8) is 0 Å². The summed E-state index contributed by atoms with van der Waals surface area (Å²) >= 11 is 0. The van der Waals surface area contributed by atoms with Gasteiger partial charge in [-0.1, -0.05) is 0 Å². The number of fused-ring (bicyclic) bond motifs is 1. The Hall–Kier alpha value is -2.77. The van der Waals surface area contributed by atoms with Crippen LogP contribution in [-0.4, -0.2) is 40.6 Å². The Kier molecular flexibility index (Phi) is 4.08. The zero-order valence-electron chi connectivity index (χ0n) is 12.1. The fourth-order valence-electron chi connectivity index (χ4n) is 1.99. The van der Waals surface area contributed by atoms with Gasteiger partial charge in [0.2, 0.25) is 12.7 Å².